The fourth-order valence-electron chi connectivity index (χ4n) is 3.10. The second-order valence-corrected chi connectivity index (χ2v) is 6.14. The van der Waals surface area contributed by atoms with Crippen molar-refractivity contribution in [1.29, 1.82) is 0 Å². The van der Waals surface area contributed by atoms with E-state index >= 15 is 0 Å². The summed E-state index contributed by atoms with van der Waals surface area (Å²) in [6, 6.07) is 5.33. The van der Waals surface area contributed by atoms with E-state index in [9.17, 15) is 4.39 Å². The number of hydrogen-bond donors (Lipinski definition) is 1. The third-order valence-electron chi connectivity index (χ3n) is 3.98. The summed E-state index contributed by atoms with van der Waals surface area (Å²) in [4.78, 5) is 0. The van der Waals surface area contributed by atoms with Gasteiger partial charge in [-0.3, -0.25) is 0 Å². The lowest BCUT2D eigenvalue weighted by atomic mass is 9.82. The molecular formula is C15H21BrFN. The molecule has 0 aromatic heterocycles. The lowest BCUT2D eigenvalue weighted by Gasteiger charge is -2.26. The fraction of sp³-hybridized carbons (Fsp3) is 0.600. The molecule has 0 bridgehead atoms. The molecule has 0 amide bonds. The van der Waals surface area contributed by atoms with Crippen molar-refractivity contribution >= 4 is 15.9 Å². The second-order valence-electron chi connectivity index (χ2n) is 5.23. The Morgan fingerprint density at radius 2 is 2.06 bits per heavy atom. The van der Waals surface area contributed by atoms with Crippen molar-refractivity contribution in [2.75, 3.05) is 13.6 Å². The molecule has 3 heteroatoms. The van der Waals surface area contributed by atoms with Crippen LogP contribution in [0.15, 0.2) is 22.7 Å². The Hall–Kier alpha value is -0.410. The Balaban J connectivity index is 2.28. The van der Waals surface area contributed by atoms with Gasteiger partial charge in [0, 0.05) is 4.47 Å². The van der Waals surface area contributed by atoms with Crippen LogP contribution in [0.3, 0.4) is 0 Å². The van der Waals surface area contributed by atoms with E-state index in [-0.39, 0.29) is 5.82 Å². The molecule has 18 heavy (non-hydrogen) atoms. The van der Waals surface area contributed by atoms with Crippen LogP contribution in [0.25, 0.3) is 0 Å². The van der Waals surface area contributed by atoms with Gasteiger partial charge in [-0.2, -0.15) is 0 Å². The van der Waals surface area contributed by atoms with E-state index in [1.807, 2.05) is 13.1 Å². The first kappa shape index (κ1) is 14.0. The summed E-state index contributed by atoms with van der Waals surface area (Å²) in [7, 11) is 1.99. The molecule has 0 saturated heterocycles. The molecule has 0 aliphatic heterocycles. The number of halogens is 2. The van der Waals surface area contributed by atoms with Gasteiger partial charge < -0.3 is 5.32 Å². The maximum Gasteiger partial charge on any atom is 0.126 e. The normalized spacial score (nSPS) is 24.8. The molecular weight excluding hydrogens is 293 g/mol. The van der Waals surface area contributed by atoms with E-state index in [0.29, 0.717) is 11.8 Å². The molecule has 0 radical (unpaired) electrons. The summed E-state index contributed by atoms with van der Waals surface area (Å²) in [5.74, 6) is 0.866. The lowest BCUT2D eigenvalue weighted by molar-refractivity contribution is 0.376. The number of hydrogen-bond acceptors (Lipinski definition) is 1. The maximum atomic E-state index is 14.1. The van der Waals surface area contributed by atoms with Crippen molar-refractivity contribution < 1.29 is 4.39 Å². The minimum absolute atomic E-state index is 0.0498. The topological polar surface area (TPSA) is 12.0 Å². The Bertz CT molecular complexity index is 394. The maximum absolute atomic E-state index is 14.1. The van der Waals surface area contributed by atoms with E-state index in [1.54, 1.807) is 12.1 Å². The van der Waals surface area contributed by atoms with Crippen molar-refractivity contribution in [2.45, 2.75) is 38.0 Å². The summed E-state index contributed by atoms with van der Waals surface area (Å²) in [6.45, 7) is 0.983. The molecule has 1 aromatic carbocycles. The van der Waals surface area contributed by atoms with Crippen LogP contribution in [-0.4, -0.2) is 13.6 Å². The number of benzene rings is 1. The van der Waals surface area contributed by atoms with Gasteiger partial charge in [0.15, 0.2) is 0 Å². The molecule has 1 fully saturated rings. The van der Waals surface area contributed by atoms with Crippen LogP contribution in [0.4, 0.5) is 4.39 Å². The third-order valence-corrected chi connectivity index (χ3v) is 4.48. The molecule has 1 aromatic rings. The second kappa shape index (κ2) is 6.67. The van der Waals surface area contributed by atoms with Crippen LogP contribution in [-0.2, 0) is 0 Å². The number of rotatable bonds is 3. The van der Waals surface area contributed by atoms with Gasteiger partial charge in [-0.1, -0.05) is 35.2 Å². The first-order valence-corrected chi connectivity index (χ1v) is 7.61. The first-order valence-electron chi connectivity index (χ1n) is 6.82. The van der Waals surface area contributed by atoms with Gasteiger partial charge in [0.25, 0.3) is 0 Å². The summed E-state index contributed by atoms with van der Waals surface area (Å²) in [5, 5.41) is 3.26. The average molecular weight is 314 g/mol. The standard InChI is InChI=1S/C15H21BrFN/c1-18-10-11-5-3-2-4-6-13(11)14-9-12(16)7-8-15(14)17/h7-9,11,13,18H,2-6,10H2,1H3. The van der Waals surface area contributed by atoms with Gasteiger partial charge >= 0.3 is 0 Å². The van der Waals surface area contributed by atoms with Crippen LogP contribution in [0.1, 0.15) is 43.6 Å². The predicted octanol–water partition coefficient (Wildman–Crippen LogP) is 4.47. The zero-order valence-corrected chi connectivity index (χ0v) is 12.5. The Morgan fingerprint density at radius 1 is 1.28 bits per heavy atom. The summed E-state index contributed by atoms with van der Waals surface area (Å²) in [6.07, 6.45) is 6.10. The first-order chi connectivity index (χ1) is 8.72. The summed E-state index contributed by atoms with van der Waals surface area (Å²) < 4.78 is 15.0. The average Bonchev–Trinajstić information content (AvgIpc) is 2.58. The van der Waals surface area contributed by atoms with Gasteiger partial charge in [-0.05, 0) is 62.0 Å². The van der Waals surface area contributed by atoms with Crippen LogP contribution < -0.4 is 5.32 Å². The van der Waals surface area contributed by atoms with E-state index in [4.69, 9.17) is 0 Å². The molecule has 1 aliphatic carbocycles. The largest absolute Gasteiger partial charge is 0.319 e. The highest BCUT2D eigenvalue weighted by Gasteiger charge is 2.26. The van der Waals surface area contributed by atoms with E-state index in [1.165, 1.54) is 25.7 Å². The number of nitrogens with one attached hydrogen (secondary N) is 1. The molecule has 0 spiro atoms. The quantitative estimate of drug-likeness (QED) is 0.812. The minimum Gasteiger partial charge on any atom is -0.319 e. The summed E-state index contributed by atoms with van der Waals surface area (Å²) >= 11 is 3.46. The Kier molecular flexibility index (Phi) is 5.19. The molecule has 1 nitrogen and oxygen atoms in total. The van der Waals surface area contributed by atoms with E-state index < -0.39 is 0 Å². The fourth-order valence-corrected chi connectivity index (χ4v) is 3.48. The van der Waals surface area contributed by atoms with Gasteiger partial charge in [0.2, 0.25) is 0 Å². The molecule has 1 aliphatic rings. The highest BCUT2D eigenvalue weighted by atomic mass is 79.9. The zero-order valence-electron chi connectivity index (χ0n) is 10.9. The summed E-state index contributed by atoms with van der Waals surface area (Å²) in [5.41, 5.74) is 0.895. The molecule has 1 N–H and O–H groups in total. The van der Waals surface area contributed by atoms with Crippen molar-refractivity contribution in [2.24, 2.45) is 5.92 Å². The Morgan fingerprint density at radius 3 is 2.83 bits per heavy atom. The van der Waals surface area contributed by atoms with Gasteiger partial charge in [0.1, 0.15) is 5.82 Å². The molecule has 100 valence electrons. The minimum atomic E-state index is -0.0498. The molecule has 2 atom stereocenters. The molecule has 2 rings (SSSR count). The highest BCUT2D eigenvalue weighted by Crippen LogP contribution is 2.38. The van der Waals surface area contributed by atoms with Crippen molar-refractivity contribution in [3.05, 3.63) is 34.1 Å². The third kappa shape index (κ3) is 3.33. The molecule has 0 heterocycles. The van der Waals surface area contributed by atoms with Crippen molar-refractivity contribution in [1.82, 2.24) is 5.32 Å². The van der Waals surface area contributed by atoms with Gasteiger partial charge in [-0.15, -0.1) is 0 Å². The smallest absolute Gasteiger partial charge is 0.126 e. The van der Waals surface area contributed by atoms with E-state index in [2.05, 4.69) is 21.2 Å². The predicted molar refractivity (Wildman–Crippen MR) is 77.3 cm³/mol. The SMILES string of the molecule is CNCC1CCCCCC1c1cc(Br)ccc1F. The molecule has 1 saturated carbocycles. The van der Waals surface area contributed by atoms with Crippen LogP contribution in [0.5, 0.6) is 0 Å². The monoisotopic (exact) mass is 313 g/mol. The van der Waals surface area contributed by atoms with Crippen molar-refractivity contribution in [3.8, 4) is 0 Å². The highest BCUT2D eigenvalue weighted by molar-refractivity contribution is 9.10. The van der Waals surface area contributed by atoms with Crippen molar-refractivity contribution in [3.63, 3.8) is 0 Å². The lowest BCUT2D eigenvalue weighted by Crippen LogP contribution is -2.24. The molecule has 2 unspecified atom stereocenters. The zero-order chi connectivity index (χ0) is 13.0. The van der Waals surface area contributed by atoms with Crippen LogP contribution in [0, 0.1) is 11.7 Å². The van der Waals surface area contributed by atoms with Gasteiger partial charge in [0.05, 0.1) is 0 Å². The Labute approximate surface area is 117 Å². The van der Waals surface area contributed by atoms with Gasteiger partial charge in [-0.25, -0.2) is 4.39 Å². The van der Waals surface area contributed by atoms with Crippen LogP contribution >= 0.6 is 15.9 Å². The van der Waals surface area contributed by atoms with Crippen LogP contribution in [0.2, 0.25) is 0 Å². The van der Waals surface area contributed by atoms with E-state index in [0.717, 1.165) is 23.0 Å².